The topological polar surface area (TPSA) is 74.1 Å². The Morgan fingerprint density at radius 1 is 1.28 bits per heavy atom. The molecule has 1 aromatic rings. The SMILES string of the molecule is CC(C)NC(=O)CSC1=Nc2ccccc2C2=N[C@H](C(C)C)C(=O)N12. The molecule has 2 amide bonds. The number of fused-ring (bicyclic) bond motifs is 3. The quantitative estimate of drug-likeness (QED) is 0.899. The van der Waals surface area contributed by atoms with Crippen LogP contribution in [0.5, 0.6) is 0 Å². The van der Waals surface area contributed by atoms with Crippen molar-refractivity contribution in [2.75, 3.05) is 5.75 Å². The van der Waals surface area contributed by atoms with Gasteiger partial charge in [0.25, 0.3) is 5.91 Å². The fourth-order valence-electron chi connectivity index (χ4n) is 2.79. The third kappa shape index (κ3) is 3.46. The van der Waals surface area contributed by atoms with Crippen molar-refractivity contribution in [3.05, 3.63) is 29.8 Å². The number of rotatable bonds is 4. The number of aliphatic imine (C=N–C) groups is 2. The number of thioether (sulfide) groups is 1. The zero-order valence-electron chi connectivity index (χ0n) is 14.8. The van der Waals surface area contributed by atoms with Gasteiger partial charge in [-0.25, -0.2) is 9.89 Å². The monoisotopic (exact) mass is 358 g/mol. The molecule has 0 unspecified atom stereocenters. The number of nitrogens with one attached hydrogen (secondary N) is 1. The van der Waals surface area contributed by atoms with Gasteiger partial charge in [-0.15, -0.1) is 0 Å². The molecule has 7 heteroatoms. The Labute approximate surface area is 151 Å². The molecule has 2 aliphatic rings. The molecule has 0 aromatic heterocycles. The highest BCUT2D eigenvalue weighted by atomic mass is 32.2. The van der Waals surface area contributed by atoms with Crippen LogP contribution in [-0.4, -0.2) is 45.6 Å². The molecule has 1 atom stereocenters. The Balaban J connectivity index is 1.91. The first-order valence-corrected chi connectivity index (χ1v) is 9.39. The van der Waals surface area contributed by atoms with E-state index in [1.165, 1.54) is 11.8 Å². The van der Waals surface area contributed by atoms with Crippen molar-refractivity contribution in [3.63, 3.8) is 0 Å². The third-order valence-electron chi connectivity index (χ3n) is 3.91. The largest absolute Gasteiger partial charge is 0.353 e. The predicted molar refractivity (Wildman–Crippen MR) is 101 cm³/mol. The number of benzene rings is 1. The molecule has 1 N–H and O–H groups in total. The lowest BCUT2D eigenvalue weighted by Crippen LogP contribution is -2.42. The lowest BCUT2D eigenvalue weighted by molar-refractivity contribution is -0.125. The van der Waals surface area contributed by atoms with Crippen LogP contribution in [0.25, 0.3) is 0 Å². The third-order valence-corrected chi connectivity index (χ3v) is 4.85. The summed E-state index contributed by atoms with van der Waals surface area (Å²) < 4.78 is 0. The zero-order chi connectivity index (χ0) is 18.1. The number of carbonyl (C=O) groups excluding carboxylic acids is 2. The maximum Gasteiger partial charge on any atom is 0.259 e. The maximum atomic E-state index is 12.8. The normalized spacial score (nSPS) is 18.9. The van der Waals surface area contributed by atoms with Crippen molar-refractivity contribution in [2.24, 2.45) is 15.9 Å². The average molecular weight is 358 g/mol. The number of nitrogens with zero attached hydrogens (tertiary/aromatic N) is 3. The molecule has 2 aliphatic heterocycles. The molecule has 0 saturated carbocycles. The second kappa shape index (κ2) is 7.00. The number of carbonyl (C=O) groups is 2. The van der Waals surface area contributed by atoms with Crippen molar-refractivity contribution in [1.29, 1.82) is 0 Å². The summed E-state index contributed by atoms with van der Waals surface area (Å²) in [7, 11) is 0. The summed E-state index contributed by atoms with van der Waals surface area (Å²) >= 11 is 1.27. The molecule has 0 bridgehead atoms. The van der Waals surface area contributed by atoms with E-state index in [2.05, 4.69) is 15.3 Å². The number of amides is 2. The molecular formula is C18H22N4O2S. The van der Waals surface area contributed by atoms with E-state index >= 15 is 0 Å². The fourth-order valence-corrected chi connectivity index (χ4v) is 3.61. The van der Waals surface area contributed by atoms with E-state index in [0.717, 1.165) is 11.3 Å². The zero-order valence-corrected chi connectivity index (χ0v) is 15.6. The molecule has 3 rings (SSSR count). The van der Waals surface area contributed by atoms with Crippen LogP contribution in [0.3, 0.4) is 0 Å². The van der Waals surface area contributed by atoms with Crippen molar-refractivity contribution in [1.82, 2.24) is 10.2 Å². The van der Waals surface area contributed by atoms with Gasteiger partial charge in [-0.2, -0.15) is 0 Å². The van der Waals surface area contributed by atoms with Crippen LogP contribution in [0.2, 0.25) is 0 Å². The van der Waals surface area contributed by atoms with Crippen LogP contribution in [0.1, 0.15) is 33.3 Å². The van der Waals surface area contributed by atoms with Gasteiger partial charge >= 0.3 is 0 Å². The maximum absolute atomic E-state index is 12.8. The predicted octanol–water partition coefficient (Wildman–Crippen LogP) is 2.56. The Hall–Kier alpha value is -2.15. The molecular weight excluding hydrogens is 336 g/mol. The van der Waals surface area contributed by atoms with Gasteiger partial charge in [-0.05, 0) is 31.9 Å². The molecule has 0 aliphatic carbocycles. The Morgan fingerprint density at radius 2 is 2.00 bits per heavy atom. The van der Waals surface area contributed by atoms with Crippen molar-refractivity contribution >= 4 is 40.3 Å². The smallest absolute Gasteiger partial charge is 0.259 e. The molecule has 0 radical (unpaired) electrons. The van der Waals surface area contributed by atoms with Crippen LogP contribution in [-0.2, 0) is 9.59 Å². The summed E-state index contributed by atoms with van der Waals surface area (Å²) in [6.45, 7) is 7.80. The van der Waals surface area contributed by atoms with Crippen LogP contribution in [0.4, 0.5) is 5.69 Å². The van der Waals surface area contributed by atoms with Gasteiger partial charge < -0.3 is 5.32 Å². The molecule has 0 spiro atoms. The van der Waals surface area contributed by atoms with Gasteiger partial charge in [0.1, 0.15) is 11.9 Å². The molecule has 1 aromatic carbocycles. The van der Waals surface area contributed by atoms with Gasteiger partial charge in [-0.3, -0.25) is 14.6 Å². The first-order chi connectivity index (χ1) is 11.9. The minimum Gasteiger partial charge on any atom is -0.353 e. The second-order valence-corrected chi connectivity index (χ2v) is 7.68. The van der Waals surface area contributed by atoms with Gasteiger partial charge in [0.15, 0.2) is 5.17 Å². The summed E-state index contributed by atoms with van der Waals surface area (Å²) in [5.74, 6) is 0.805. The molecule has 25 heavy (non-hydrogen) atoms. The van der Waals surface area contributed by atoms with E-state index in [9.17, 15) is 9.59 Å². The lowest BCUT2D eigenvalue weighted by Gasteiger charge is -2.25. The second-order valence-electron chi connectivity index (χ2n) is 6.74. The average Bonchev–Trinajstić information content (AvgIpc) is 2.90. The fraction of sp³-hybridized carbons (Fsp3) is 0.444. The van der Waals surface area contributed by atoms with Crippen LogP contribution < -0.4 is 5.32 Å². The van der Waals surface area contributed by atoms with Crippen LogP contribution in [0.15, 0.2) is 34.3 Å². The van der Waals surface area contributed by atoms with E-state index in [-0.39, 0.29) is 29.5 Å². The number of para-hydroxylation sites is 1. The van der Waals surface area contributed by atoms with Crippen LogP contribution in [0, 0.1) is 5.92 Å². The summed E-state index contributed by atoms with van der Waals surface area (Å²) in [5, 5.41) is 3.37. The Kier molecular flexibility index (Phi) is 4.94. The van der Waals surface area contributed by atoms with Crippen LogP contribution >= 0.6 is 11.8 Å². The van der Waals surface area contributed by atoms with E-state index in [4.69, 9.17) is 0 Å². The molecule has 6 nitrogen and oxygen atoms in total. The van der Waals surface area contributed by atoms with Gasteiger partial charge in [0.2, 0.25) is 5.91 Å². The van der Waals surface area contributed by atoms with E-state index in [1.807, 2.05) is 52.0 Å². The number of hydrogen-bond donors (Lipinski definition) is 1. The van der Waals surface area contributed by atoms with Gasteiger partial charge in [0, 0.05) is 11.6 Å². The van der Waals surface area contributed by atoms with E-state index < -0.39 is 6.04 Å². The summed E-state index contributed by atoms with van der Waals surface area (Å²) in [6, 6.07) is 7.32. The van der Waals surface area contributed by atoms with Crippen molar-refractivity contribution < 1.29 is 9.59 Å². The minimum absolute atomic E-state index is 0.0741. The molecule has 0 fully saturated rings. The molecule has 0 saturated heterocycles. The lowest BCUT2D eigenvalue weighted by atomic mass is 10.1. The van der Waals surface area contributed by atoms with Gasteiger partial charge in [-0.1, -0.05) is 37.7 Å². The molecule has 132 valence electrons. The summed E-state index contributed by atoms with van der Waals surface area (Å²) in [4.78, 5) is 35.6. The Bertz CT molecular complexity index is 770. The van der Waals surface area contributed by atoms with Crippen molar-refractivity contribution in [2.45, 2.75) is 39.8 Å². The highest BCUT2D eigenvalue weighted by molar-refractivity contribution is 8.14. The first-order valence-electron chi connectivity index (χ1n) is 8.40. The highest BCUT2D eigenvalue weighted by Crippen LogP contribution is 2.34. The number of hydrogen-bond acceptors (Lipinski definition) is 5. The first kappa shape index (κ1) is 17.7. The van der Waals surface area contributed by atoms with E-state index in [0.29, 0.717) is 11.0 Å². The molecule has 2 heterocycles. The van der Waals surface area contributed by atoms with E-state index in [1.54, 1.807) is 4.90 Å². The number of amidine groups is 2. The standard InChI is InChI=1S/C18H22N4O2S/c1-10(2)15-17(24)22-16(21-15)12-7-5-6-8-13(12)20-18(22)25-9-14(23)19-11(3)4/h5-8,10-11,15H,9H2,1-4H3,(H,19,23)/t15-/m1/s1. The minimum atomic E-state index is -0.406. The summed E-state index contributed by atoms with van der Waals surface area (Å²) in [5.41, 5.74) is 1.64. The van der Waals surface area contributed by atoms with Gasteiger partial charge in [0.05, 0.1) is 11.4 Å². The summed E-state index contributed by atoms with van der Waals surface area (Å²) in [6.07, 6.45) is 0. The van der Waals surface area contributed by atoms with Crippen molar-refractivity contribution in [3.8, 4) is 0 Å². The Morgan fingerprint density at radius 3 is 2.68 bits per heavy atom. The highest BCUT2D eigenvalue weighted by Gasteiger charge is 2.42.